The molecule has 1 aliphatic carbocycles. The number of carbonyl (C=O) groups excluding carboxylic acids is 1. The van der Waals surface area contributed by atoms with Gasteiger partial charge in [-0.15, -0.1) is 0 Å². The van der Waals surface area contributed by atoms with Crippen LogP contribution in [0.25, 0.3) is 0 Å². The second-order valence-corrected chi connectivity index (χ2v) is 7.43. The Morgan fingerprint density at radius 1 is 1.33 bits per heavy atom. The van der Waals surface area contributed by atoms with E-state index in [2.05, 4.69) is 40.6 Å². The first kappa shape index (κ1) is 17.0. The fraction of sp³-hybridized carbons (Fsp3) is 0.600. The summed E-state index contributed by atoms with van der Waals surface area (Å²) in [7, 11) is 0. The summed E-state index contributed by atoms with van der Waals surface area (Å²) >= 11 is 0. The topological polar surface area (TPSA) is 56.1 Å². The molecule has 1 heterocycles. The number of amides is 1. The molecule has 24 heavy (non-hydrogen) atoms. The lowest BCUT2D eigenvalue weighted by Crippen LogP contribution is -2.50. The highest BCUT2D eigenvalue weighted by molar-refractivity contribution is 5.79. The van der Waals surface area contributed by atoms with Crippen molar-refractivity contribution in [1.82, 2.24) is 10.2 Å². The van der Waals surface area contributed by atoms with Crippen LogP contribution in [0.5, 0.6) is 0 Å². The molecule has 1 amide bonds. The van der Waals surface area contributed by atoms with E-state index in [1.165, 1.54) is 5.56 Å². The van der Waals surface area contributed by atoms with Crippen molar-refractivity contribution >= 4 is 5.91 Å². The first-order chi connectivity index (χ1) is 11.6. The van der Waals surface area contributed by atoms with Crippen molar-refractivity contribution in [1.29, 1.82) is 5.26 Å². The molecule has 2 aliphatic rings. The monoisotopic (exact) mass is 325 g/mol. The number of nitriles is 1. The van der Waals surface area contributed by atoms with Crippen molar-refractivity contribution < 1.29 is 4.79 Å². The van der Waals surface area contributed by atoms with Gasteiger partial charge < -0.3 is 5.32 Å². The number of benzene rings is 1. The van der Waals surface area contributed by atoms with Crippen LogP contribution in [0.2, 0.25) is 0 Å². The van der Waals surface area contributed by atoms with E-state index in [1.54, 1.807) is 0 Å². The zero-order valence-corrected chi connectivity index (χ0v) is 14.5. The van der Waals surface area contributed by atoms with Gasteiger partial charge in [0, 0.05) is 6.04 Å². The summed E-state index contributed by atoms with van der Waals surface area (Å²) in [5, 5.41) is 12.4. The van der Waals surface area contributed by atoms with E-state index in [0.29, 0.717) is 18.5 Å². The zero-order chi connectivity index (χ0) is 17.0. The number of hydrogen-bond acceptors (Lipinski definition) is 3. The number of rotatable bonds is 7. The van der Waals surface area contributed by atoms with Gasteiger partial charge in [-0.1, -0.05) is 30.3 Å². The molecule has 2 fully saturated rings. The highest BCUT2D eigenvalue weighted by Crippen LogP contribution is 2.39. The molecule has 1 aliphatic heterocycles. The highest BCUT2D eigenvalue weighted by atomic mass is 16.2. The number of nitrogens with one attached hydrogen (secondary N) is 1. The van der Waals surface area contributed by atoms with E-state index in [4.69, 9.17) is 0 Å². The first-order valence-corrected chi connectivity index (χ1v) is 9.11. The molecule has 0 aromatic heterocycles. The maximum Gasteiger partial charge on any atom is 0.235 e. The normalized spacial score (nSPS) is 23.4. The lowest BCUT2D eigenvalue weighted by atomic mass is 9.98. The summed E-state index contributed by atoms with van der Waals surface area (Å²) in [6.07, 6.45) is 6.57. The van der Waals surface area contributed by atoms with Crippen LogP contribution >= 0.6 is 0 Å². The average molecular weight is 325 g/mol. The SMILES string of the molecule is C[C@](C#N)(NC(=O)CN1CCC[C@H]1CCc1ccccc1)C1CC1. The van der Waals surface area contributed by atoms with Crippen LogP contribution in [0.4, 0.5) is 0 Å². The van der Waals surface area contributed by atoms with Gasteiger partial charge in [0.05, 0.1) is 12.6 Å². The molecule has 1 aromatic carbocycles. The van der Waals surface area contributed by atoms with Crippen LogP contribution in [-0.2, 0) is 11.2 Å². The molecule has 1 aromatic rings. The minimum atomic E-state index is -0.684. The van der Waals surface area contributed by atoms with Crippen molar-refractivity contribution in [2.75, 3.05) is 13.1 Å². The second kappa shape index (κ2) is 7.36. The van der Waals surface area contributed by atoms with Crippen LogP contribution < -0.4 is 5.32 Å². The average Bonchev–Trinajstić information content (AvgIpc) is 3.36. The summed E-state index contributed by atoms with van der Waals surface area (Å²) in [4.78, 5) is 14.7. The molecule has 0 radical (unpaired) electrons. The van der Waals surface area contributed by atoms with Crippen molar-refractivity contribution in [2.45, 2.75) is 57.0 Å². The van der Waals surface area contributed by atoms with E-state index >= 15 is 0 Å². The van der Waals surface area contributed by atoms with E-state index in [0.717, 1.165) is 45.1 Å². The number of likely N-dealkylation sites (tertiary alicyclic amines) is 1. The number of hydrogen-bond donors (Lipinski definition) is 1. The fourth-order valence-corrected chi connectivity index (χ4v) is 3.80. The van der Waals surface area contributed by atoms with Gasteiger partial charge in [0.2, 0.25) is 5.91 Å². The third kappa shape index (κ3) is 4.15. The molecule has 1 N–H and O–H groups in total. The van der Waals surface area contributed by atoms with Crippen molar-refractivity contribution in [3.05, 3.63) is 35.9 Å². The predicted molar refractivity (Wildman–Crippen MR) is 94.2 cm³/mol. The Balaban J connectivity index is 1.50. The molecular formula is C20H27N3O. The standard InChI is InChI=1S/C20H27N3O/c1-20(15-21,17-10-11-17)22-19(24)14-23-13-5-8-18(23)12-9-16-6-3-2-4-7-16/h2-4,6-7,17-18H,5,8-14H2,1H3,(H,22,24)/t18-,20+/m0/s1. The van der Waals surface area contributed by atoms with Gasteiger partial charge in [-0.3, -0.25) is 9.69 Å². The molecular weight excluding hydrogens is 298 g/mol. The first-order valence-electron chi connectivity index (χ1n) is 9.11. The lowest BCUT2D eigenvalue weighted by molar-refractivity contribution is -0.123. The van der Waals surface area contributed by atoms with Crippen molar-refractivity contribution in [2.24, 2.45) is 5.92 Å². The molecule has 3 rings (SSSR count). The Morgan fingerprint density at radius 2 is 2.08 bits per heavy atom. The maximum atomic E-state index is 12.4. The highest BCUT2D eigenvalue weighted by Gasteiger charge is 2.43. The van der Waals surface area contributed by atoms with Crippen LogP contribution in [-0.4, -0.2) is 35.5 Å². The smallest absolute Gasteiger partial charge is 0.235 e. The Hall–Kier alpha value is -1.86. The quantitative estimate of drug-likeness (QED) is 0.838. The lowest BCUT2D eigenvalue weighted by Gasteiger charge is -2.27. The molecule has 4 nitrogen and oxygen atoms in total. The molecule has 2 atom stereocenters. The van der Waals surface area contributed by atoms with Crippen LogP contribution in [0.1, 0.15) is 44.6 Å². The molecule has 0 spiro atoms. The summed E-state index contributed by atoms with van der Waals surface area (Å²) in [6.45, 7) is 3.27. The number of carbonyl (C=O) groups is 1. The van der Waals surface area contributed by atoms with E-state index in [-0.39, 0.29) is 5.91 Å². The molecule has 4 heteroatoms. The predicted octanol–water partition coefficient (Wildman–Crippen LogP) is 2.89. The maximum absolute atomic E-state index is 12.4. The number of aryl methyl sites for hydroxylation is 1. The van der Waals surface area contributed by atoms with Gasteiger partial charge >= 0.3 is 0 Å². The zero-order valence-electron chi connectivity index (χ0n) is 14.5. The van der Waals surface area contributed by atoms with Gasteiger partial charge in [0.1, 0.15) is 5.54 Å². The van der Waals surface area contributed by atoms with Gasteiger partial charge in [0.25, 0.3) is 0 Å². The van der Waals surface area contributed by atoms with Crippen LogP contribution in [0.3, 0.4) is 0 Å². The van der Waals surface area contributed by atoms with Gasteiger partial charge in [-0.2, -0.15) is 5.26 Å². The fourth-order valence-electron chi connectivity index (χ4n) is 3.80. The van der Waals surface area contributed by atoms with E-state index < -0.39 is 5.54 Å². The largest absolute Gasteiger partial charge is 0.337 e. The Morgan fingerprint density at radius 3 is 2.75 bits per heavy atom. The molecule has 1 saturated carbocycles. The van der Waals surface area contributed by atoms with Crippen LogP contribution in [0.15, 0.2) is 30.3 Å². The van der Waals surface area contributed by atoms with E-state index in [1.807, 2.05) is 13.0 Å². The minimum Gasteiger partial charge on any atom is -0.337 e. The summed E-state index contributed by atoms with van der Waals surface area (Å²) in [5.74, 6) is 0.330. The molecule has 0 unspecified atom stereocenters. The Bertz CT molecular complexity index is 605. The van der Waals surface area contributed by atoms with Gasteiger partial charge in [-0.05, 0) is 63.5 Å². The molecule has 1 saturated heterocycles. The second-order valence-electron chi connectivity index (χ2n) is 7.43. The third-order valence-electron chi connectivity index (χ3n) is 5.48. The Kier molecular flexibility index (Phi) is 5.20. The summed E-state index contributed by atoms with van der Waals surface area (Å²) in [5.41, 5.74) is 0.677. The molecule has 128 valence electrons. The van der Waals surface area contributed by atoms with E-state index in [9.17, 15) is 10.1 Å². The summed E-state index contributed by atoms with van der Waals surface area (Å²) in [6, 6.07) is 13.3. The van der Waals surface area contributed by atoms with Crippen molar-refractivity contribution in [3.8, 4) is 6.07 Å². The minimum absolute atomic E-state index is 0.00226. The van der Waals surface area contributed by atoms with Gasteiger partial charge in [-0.25, -0.2) is 0 Å². The summed E-state index contributed by atoms with van der Waals surface area (Å²) < 4.78 is 0. The van der Waals surface area contributed by atoms with Crippen molar-refractivity contribution in [3.63, 3.8) is 0 Å². The van der Waals surface area contributed by atoms with Crippen LogP contribution in [0, 0.1) is 17.2 Å². The molecule has 0 bridgehead atoms. The van der Waals surface area contributed by atoms with Gasteiger partial charge in [0.15, 0.2) is 0 Å². The third-order valence-corrected chi connectivity index (χ3v) is 5.48. The Labute approximate surface area is 144 Å². The number of nitrogens with zero attached hydrogens (tertiary/aromatic N) is 2.